The second-order valence-corrected chi connectivity index (χ2v) is 10.2. The minimum Gasteiger partial charge on any atom is -0.506 e. The van der Waals surface area contributed by atoms with E-state index in [0.717, 1.165) is 32.0 Å². The Morgan fingerprint density at radius 1 is 1.12 bits per heavy atom. The average molecular weight is 439 g/mol. The lowest BCUT2D eigenvalue weighted by atomic mass is 9.84. The van der Waals surface area contributed by atoms with E-state index in [-0.39, 0.29) is 23.5 Å². The van der Waals surface area contributed by atoms with Gasteiger partial charge in [-0.05, 0) is 57.1 Å². The first kappa shape index (κ1) is 21.5. The van der Waals surface area contributed by atoms with Crippen LogP contribution in [0.1, 0.15) is 56.4 Å². The molecule has 0 aliphatic carbocycles. The Balaban J connectivity index is 1.48. The normalized spacial score (nSPS) is 28.2. The molecular formula is C25H34N4O3. The molecule has 32 heavy (non-hydrogen) atoms. The van der Waals surface area contributed by atoms with Gasteiger partial charge in [-0.2, -0.15) is 0 Å². The highest BCUT2D eigenvalue weighted by Crippen LogP contribution is 2.37. The van der Waals surface area contributed by atoms with Crippen LogP contribution in [0, 0.1) is 11.8 Å². The van der Waals surface area contributed by atoms with Crippen molar-refractivity contribution in [2.24, 2.45) is 11.8 Å². The molecule has 5 atom stereocenters. The van der Waals surface area contributed by atoms with E-state index in [1.54, 1.807) is 10.6 Å². The Morgan fingerprint density at radius 3 is 2.59 bits per heavy atom. The van der Waals surface area contributed by atoms with Gasteiger partial charge in [0.05, 0.1) is 11.7 Å². The number of aromatic hydroxyl groups is 1. The number of fused-ring (bicyclic) bond motifs is 2. The number of nitrogens with one attached hydrogen (secondary N) is 1. The monoisotopic (exact) mass is 438 g/mol. The third-order valence-electron chi connectivity index (χ3n) is 7.63. The van der Waals surface area contributed by atoms with Gasteiger partial charge >= 0.3 is 0 Å². The smallest absolute Gasteiger partial charge is 0.267 e. The van der Waals surface area contributed by atoms with Crippen LogP contribution in [-0.2, 0) is 0 Å². The van der Waals surface area contributed by atoms with Gasteiger partial charge in [0, 0.05) is 43.6 Å². The summed E-state index contributed by atoms with van der Waals surface area (Å²) in [7, 11) is 0. The van der Waals surface area contributed by atoms with Gasteiger partial charge in [0.1, 0.15) is 11.3 Å². The molecule has 0 spiro atoms. The molecule has 0 saturated carbocycles. The molecule has 5 unspecified atom stereocenters. The third kappa shape index (κ3) is 3.52. The van der Waals surface area contributed by atoms with E-state index in [2.05, 4.69) is 22.0 Å². The Morgan fingerprint density at radius 2 is 1.88 bits per heavy atom. The molecule has 1 aromatic heterocycles. The quantitative estimate of drug-likeness (QED) is 0.751. The molecule has 7 heteroatoms. The molecule has 6 rings (SSSR count). The van der Waals surface area contributed by atoms with Gasteiger partial charge in [-0.1, -0.05) is 19.1 Å². The fourth-order valence-electron chi connectivity index (χ4n) is 6.41. The minimum absolute atomic E-state index is 0.132. The fraction of sp³-hybridized carbons (Fsp3) is 0.600. The van der Waals surface area contributed by atoms with Gasteiger partial charge in [0.15, 0.2) is 0 Å². The number of hydrogen-bond donors (Lipinski definition) is 2. The summed E-state index contributed by atoms with van der Waals surface area (Å²) in [5.41, 5.74) is 0.0499. The zero-order chi connectivity index (χ0) is 22.6. The topological polar surface area (TPSA) is 77.8 Å². The first-order valence-electron chi connectivity index (χ1n) is 12.0. The lowest BCUT2D eigenvalue weighted by Crippen LogP contribution is -2.56. The predicted octanol–water partition coefficient (Wildman–Crippen LogP) is 2.78. The van der Waals surface area contributed by atoms with Crippen molar-refractivity contribution in [2.45, 2.75) is 58.3 Å². The van der Waals surface area contributed by atoms with Crippen LogP contribution in [0.4, 0.5) is 0 Å². The Labute approximate surface area is 189 Å². The van der Waals surface area contributed by atoms with Gasteiger partial charge < -0.3 is 19.9 Å². The lowest BCUT2D eigenvalue weighted by molar-refractivity contribution is 0.0527. The van der Waals surface area contributed by atoms with E-state index >= 15 is 0 Å². The first-order chi connectivity index (χ1) is 15.4. The Kier molecular flexibility index (Phi) is 5.50. The van der Waals surface area contributed by atoms with Crippen molar-refractivity contribution in [3.8, 4) is 5.75 Å². The second-order valence-electron chi connectivity index (χ2n) is 10.2. The molecule has 1 aromatic carbocycles. The largest absolute Gasteiger partial charge is 0.506 e. The summed E-state index contributed by atoms with van der Waals surface area (Å²) in [6.07, 6.45) is 3.07. The van der Waals surface area contributed by atoms with Crippen molar-refractivity contribution >= 4 is 16.8 Å². The van der Waals surface area contributed by atoms with Crippen LogP contribution in [0.3, 0.4) is 0 Å². The SMILES string of the molecule is CCC(NC(=O)c1c(O)c2ccccc2n(C(C)C)c1=O)N1CC2CC3CC1CN(C3)C2. The van der Waals surface area contributed by atoms with Crippen molar-refractivity contribution in [3.05, 3.63) is 40.2 Å². The summed E-state index contributed by atoms with van der Waals surface area (Å²) >= 11 is 0. The van der Waals surface area contributed by atoms with Crippen LogP contribution < -0.4 is 10.9 Å². The number of nitrogens with zero attached hydrogens (tertiary/aromatic N) is 3. The number of aromatic nitrogens is 1. The summed E-state index contributed by atoms with van der Waals surface area (Å²) in [5.74, 6) is 0.688. The van der Waals surface area contributed by atoms with Crippen molar-refractivity contribution in [1.29, 1.82) is 0 Å². The number of piperidine rings is 2. The van der Waals surface area contributed by atoms with E-state index in [4.69, 9.17) is 0 Å². The van der Waals surface area contributed by atoms with Gasteiger partial charge in [0.2, 0.25) is 0 Å². The third-order valence-corrected chi connectivity index (χ3v) is 7.63. The van der Waals surface area contributed by atoms with Gasteiger partial charge in [-0.15, -0.1) is 0 Å². The molecule has 7 nitrogen and oxygen atoms in total. The van der Waals surface area contributed by atoms with Crippen LogP contribution in [0.5, 0.6) is 5.75 Å². The fourth-order valence-corrected chi connectivity index (χ4v) is 6.41. The number of hydrogen-bond acceptors (Lipinski definition) is 5. The standard InChI is InChI=1S/C25H34N4O3/c1-4-21(28-13-17-9-16-10-18(28)14-27(11-16)12-17)26-24(31)22-23(30)19-7-5-6-8-20(19)29(15(2)3)25(22)32/h5-8,15-18,21,30H,4,9-14H2,1-3H3,(H,26,31). The van der Waals surface area contributed by atoms with Crippen molar-refractivity contribution in [3.63, 3.8) is 0 Å². The second kappa shape index (κ2) is 8.19. The number of amides is 1. The molecule has 2 aromatic rings. The summed E-state index contributed by atoms with van der Waals surface area (Å²) in [4.78, 5) is 31.8. The molecule has 4 bridgehead atoms. The minimum atomic E-state index is -0.483. The van der Waals surface area contributed by atoms with E-state index in [1.165, 1.54) is 19.4 Å². The molecule has 0 radical (unpaired) electrons. The highest BCUT2D eigenvalue weighted by atomic mass is 16.3. The van der Waals surface area contributed by atoms with Crippen molar-refractivity contribution in [2.75, 3.05) is 26.2 Å². The van der Waals surface area contributed by atoms with Crippen LogP contribution in [0.15, 0.2) is 29.1 Å². The highest BCUT2D eigenvalue weighted by molar-refractivity contribution is 6.02. The maximum absolute atomic E-state index is 13.4. The number of para-hydroxylation sites is 1. The number of pyridine rings is 1. The van der Waals surface area contributed by atoms with Gasteiger partial charge in [-0.3, -0.25) is 14.5 Å². The summed E-state index contributed by atoms with van der Waals surface area (Å²) in [6.45, 7) is 10.3. The van der Waals surface area contributed by atoms with Crippen molar-refractivity contribution in [1.82, 2.24) is 19.7 Å². The summed E-state index contributed by atoms with van der Waals surface area (Å²) < 4.78 is 1.60. The van der Waals surface area contributed by atoms with Crippen LogP contribution in [0.25, 0.3) is 10.9 Å². The molecule has 4 fully saturated rings. The average Bonchev–Trinajstić information content (AvgIpc) is 2.95. The first-order valence-corrected chi connectivity index (χ1v) is 12.0. The highest BCUT2D eigenvalue weighted by Gasteiger charge is 2.43. The number of carbonyl (C=O) groups is 1. The van der Waals surface area contributed by atoms with E-state index < -0.39 is 11.5 Å². The Bertz CT molecular complexity index is 1080. The lowest BCUT2D eigenvalue weighted by Gasteiger charge is -2.43. The zero-order valence-corrected chi connectivity index (χ0v) is 19.3. The van der Waals surface area contributed by atoms with Gasteiger partial charge in [0.25, 0.3) is 11.5 Å². The molecule has 1 amide bonds. The summed E-state index contributed by atoms with van der Waals surface area (Å²) in [5, 5.41) is 14.6. The van der Waals surface area contributed by atoms with Gasteiger partial charge in [-0.25, -0.2) is 0 Å². The Hall–Kier alpha value is -2.38. The maximum Gasteiger partial charge on any atom is 0.267 e. The van der Waals surface area contributed by atoms with Crippen LogP contribution in [0.2, 0.25) is 0 Å². The molecule has 4 saturated heterocycles. The molecule has 5 heterocycles. The van der Waals surface area contributed by atoms with E-state index in [1.807, 2.05) is 32.0 Å². The molecule has 172 valence electrons. The molecule has 4 aliphatic rings. The van der Waals surface area contributed by atoms with Crippen LogP contribution in [-0.4, -0.2) is 63.8 Å². The van der Waals surface area contributed by atoms with E-state index in [9.17, 15) is 14.7 Å². The molecule has 4 aliphatic heterocycles. The molecule has 2 N–H and O–H groups in total. The number of rotatable bonds is 5. The molecular weight excluding hydrogens is 404 g/mol. The number of benzene rings is 1. The number of carbonyl (C=O) groups excluding carboxylic acids is 1. The predicted molar refractivity (Wildman–Crippen MR) is 125 cm³/mol. The zero-order valence-electron chi connectivity index (χ0n) is 19.3. The van der Waals surface area contributed by atoms with Crippen LogP contribution >= 0.6 is 0 Å². The van der Waals surface area contributed by atoms with Crippen molar-refractivity contribution < 1.29 is 9.90 Å². The maximum atomic E-state index is 13.4. The summed E-state index contributed by atoms with van der Waals surface area (Å²) in [6, 6.07) is 7.52. The van der Waals surface area contributed by atoms with E-state index in [0.29, 0.717) is 22.9 Å².